The second-order valence-electron chi connectivity index (χ2n) is 5.41. The minimum Gasteiger partial charge on any atom is -0.396 e. The zero-order valence-corrected chi connectivity index (χ0v) is 12.8. The third-order valence-corrected chi connectivity index (χ3v) is 3.67. The molecule has 118 valence electrons. The Morgan fingerprint density at radius 1 is 1.36 bits per heavy atom. The molecule has 2 rings (SSSR count). The first-order chi connectivity index (χ1) is 10.6. The van der Waals surface area contributed by atoms with Crippen molar-refractivity contribution in [3.63, 3.8) is 0 Å². The molecule has 0 aliphatic carbocycles. The molecule has 2 amide bonds. The van der Waals surface area contributed by atoms with Crippen LogP contribution in [0.2, 0.25) is 0 Å². The average molecular weight is 303 g/mol. The fraction of sp³-hybridized carbons (Fsp3) is 0.375. The molecule has 0 saturated carbocycles. The van der Waals surface area contributed by atoms with Crippen molar-refractivity contribution in [2.24, 2.45) is 0 Å². The fourth-order valence-corrected chi connectivity index (χ4v) is 2.07. The summed E-state index contributed by atoms with van der Waals surface area (Å²) in [5.74, 6) is 0.934. The number of urea groups is 1. The summed E-state index contributed by atoms with van der Waals surface area (Å²) in [6.07, 6.45) is 1.21. The van der Waals surface area contributed by atoms with Gasteiger partial charge in [-0.05, 0) is 19.8 Å². The van der Waals surface area contributed by atoms with E-state index in [4.69, 9.17) is 9.63 Å². The fourth-order valence-electron chi connectivity index (χ4n) is 2.07. The molecule has 3 N–H and O–H groups in total. The van der Waals surface area contributed by atoms with Gasteiger partial charge in [-0.15, -0.1) is 0 Å². The molecule has 1 aromatic heterocycles. The molecule has 0 aliphatic heterocycles. The Morgan fingerprint density at radius 2 is 2.09 bits per heavy atom. The molecule has 0 saturated heterocycles. The van der Waals surface area contributed by atoms with Gasteiger partial charge in [0.05, 0.1) is 0 Å². The number of nitrogens with one attached hydrogen (secondary N) is 2. The van der Waals surface area contributed by atoms with E-state index in [1.807, 2.05) is 44.2 Å². The molecule has 6 heteroatoms. The summed E-state index contributed by atoms with van der Waals surface area (Å²) in [6.45, 7) is 3.87. The van der Waals surface area contributed by atoms with Crippen molar-refractivity contribution in [1.82, 2.24) is 10.5 Å². The Hall–Kier alpha value is -2.34. The third kappa shape index (κ3) is 4.08. The highest BCUT2D eigenvalue weighted by Crippen LogP contribution is 2.22. The standard InChI is InChI=1S/C16H21N3O3/c1-3-16(2,9-10-20)18-15(21)17-14-11-13(22-19-14)12-7-5-4-6-8-12/h4-8,11,20H,3,9-10H2,1-2H3,(H2,17,18,19,21). The van der Waals surface area contributed by atoms with Gasteiger partial charge in [0.25, 0.3) is 0 Å². The molecule has 0 bridgehead atoms. The molecular formula is C16H21N3O3. The Kier molecular flexibility index (Phi) is 5.16. The Morgan fingerprint density at radius 3 is 2.73 bits per heavy atom. The van der Waals surface area contributed by atoms with Gasteiger partial charge in [0.2, 0.25) is 0 Å². The van der Waals surface area contributed by atoms with Gasteiger partial charge >= 0.3 is 6.03 Å². The van der Waals surface area contributed by atoms with Crippen molar-refractivity contribution in [3.05, 3.63) is 36.4 Å². The minimum atomic E-state index is -0.454. The lowest BCUT2D eigenvalue weighted by Crippen LogP contribution is -2.48. The van der Waals surface area contributed by atoms with E-state index in [2.05, 4.69) is 15.8 Å². The summed E-state index contributed by atoms with van der Waals surface area (Å²) >= 11 is 0. The van der Waals surface area contributed by atoms with Crippen molar-refractivity contribution < 1.29 is 14.4 Å². The van der Waals surface area contributed by atoms with Crippen LogP contribution in [0.4, 0.5) is 10.6 Å². The van der Waals surface area contributed by atoms with Gasteiger partial charge in [-0.2, -0.15) is 0 Å². The number of nitrogens with zero attached hydrogens (tertiary/aromatic N) is 1. The van der Waals surface area contributed by atoms with Crippen LogP contribution in [-0.4, -0.2) is 28.4 Å². The number of aliphatic hydroxyl groups is 1. The van der Waals surface area contributed by atoms with Crippen molar-refractivity contribution in [3.8, 4) is 11.3 Å². The summed E-state index contributed by atoms with van der Waals surface area (Å²) in [7, 11) is 0. The maximum Gasteiger partial charge on any atom is 0.320 e. The first-order valence-corrected chi connectivity index (χ1v) is 7.28. The van der Waals surface area contributed by atoms with Crippen LogP contribution in [0.3, 0.4) is 0 Å². The molecule has 1 atom stereocenters. The van der Waals surface area contributed by atoms with E-state index in [0.717, 1.165) is 12.0 Å². The van der Waals surface area contributed by atoms with E-state index in [1.54, 1.807) is 6.07 Å². The van der Waals surface area contributed by atoms with Gasteiger partial charge in [0.15, 0.2) is 11.6 Å². The maximum absolute atomic E-state index is 12.0. The van der Waals surface area contributed by atoms with Gasteiger partial charge in [-0.1, -0.05) is 42.4 Å². The number of benzene rings is 1. The molecule has 0 spiro atoms. The van der Waals surface area contributed by atoms with Crippen LogP contribution in [0, 0.1) is 0 Å². The molecule has 0 aliphatic rings. The number of anilines is 1. The van der Waals surface area contributed by atoms with Crippen LogP contribution in [0.5, 0.6) is 0 Å². The van der Waals surface area contributed by atoms with Gasteiger partial charge in [-0.25, -0.2) is 4.79 Å². The Labute approximate surface area is 129 Å². The third-order valence-electron chi connectivity index (χ3n) is 3.67. The highest BCUT2D eigenvalue weighted by molar-refractivity contribution is 5.89. The van der Waals surface area contributed by atoms with Gasteiger partial charge < -0.3 is 14.9 Å². The highest BCUT2D eigenvalue weighted by atomic mass is 16.5. The van der Waals surface area contributed by atoms with Crippen molar-refractivity contribution in [2.75, 3.05) is 11.9 Å². The molecule has 1 aromatic carbocycles. The lowest BCUT2D eigenvalue weighted by Gasteiger charge is -2.28. The number of hydrogen-bond acceptors (Lipinski definition) is 4. The van der Waals surface area contributed by atoms with Gasteiger partial charge in [0.1, 0.15) is 0 Å². The van der Waals surface area contributed by atoms with Crippen LogP contribution in [-0.2, 0) is 0 Å². The molecule has 6 nitrogen and oxygen atoms in total. The van der Waals surface area contributed by atoms with Crippen LogP contribution in [0.1, 0.15) is 26.7 Å². The number of rotatable bonds is 6. The Balaban J connectivity index is 1.99. The average Bonchev–Trinajstić information content (AvgIpc) is 2.96. The van der Waals surface area contributed by atoms with E-state index in [1.165, 1.54) is 0 Å². The summed E-state index contributed by atoms with van der Waals surface area (Å²) in [5, 5.41) is 18.4. The van der Waals surface area contributed by atoms with E-state index in [-0.39, 0.29) is 12.6 Å². The van der Waals surface area contributed by atoms with Crippen LogP contribution >= 0.6 is 0 Å². The lowest BCUT2D eigenvalue weighted by atomic mass is 9.95. The monoisotopic (exact) mass is 303 g/mol. The first-order valence-electron chi connectivity index (χ1n) is 7.28. The van der Waals surface area contributed by atoms with Crippen LogP contribution < -0.4 is 10.6 Å². The smallest absolute Gasteiger partial charge is 0.320 e. The zero-order chi connectivity index (χ0) is 16.0. The molecule has 1 heterocycles. The van der Waals surface area contributed by atoms with Crippen molar-refractivity contribution in [2.45, 2.75) is 32.2 Å². The lowest BCUT2D eigenvalue weighted by molar-refractivity contribution is 0.208. The highest BCUT2D eigenvalue weighted by Gasteiger charge is 2.24. The number of aliphatic hydroxyl groups excluding tert-OH is 1. The number of aromatic nitrogens is 1. The number of carbonyl (C=O) groups excluding carboxylic acids is 1. The number of carbonyl (C=O) groups is 1. The summed E-state index contributed by atoms with van der Waals surface area (Å²) in [5.41, 5.74) is 0.437. The van der Waals surface area contributed by atoms with Crippen LogP contribution in [0.25, 0.3) is 11.3 Å². The second-order valence-corrected chi connectivity index (χ2v) is 5.41. The molecule has 2 aromatic rings. The second kappa shape index (κ2) is 7.09. The number of hydrogen-bond donors (Lipinski definition) is 3. The SMILES string of the molecule is CCC(C)(CCO)NC(=O)Nc1cc(-c2ccccc2)on1. The molecular weight excluding hydrogens is 282 g/mol. The van der Waals surface area contributed by atoms with E-state index >= 15 is 0 Å². The van der Waals surface area contributed by atoms with Crippen molar-refractivity contribution in [1.29, 1.82) is 0 Å². The summed E-state index contributed by atoms with van der Waals surface area (Å²) in [6, 6.07) is 10.8. The summed E-state index contributed by atoms with van der Waals surface area (Å²) in [4.78, 5) is 12.0. The topological polar surface area (TPSA) is 87.4 Å². The molecule has 0 fully saturated rings. The molecule has 0 radical (unpaired) electrons. The summed E-state index contributed by atoms with van der Waals surface area (Å²) < 4.78 is 5.22. The predicted octanol–water partition coefficient (Wildman–Crippen LogP) is 3.01. The molecule has 1 unspecified atom stereocenters. The normalized spacial score (nSPS) is 13.4. The van der Waals surface area contributed by atoms with E-state index < -0.39 is 5.54 Å². The largest absolute Gasteiger partial charge is 0.396 e. The quantitative estimate of drug-likeness (QED) is 0.765. The molecule has 22 heavy (non-hydrogen) atoms. The maximum atomic E-state index is 12.0. The van der Waals surface area contributed by atoms with Gasteiger partial charge in [-0.3, -0.25) is 5.32 Å². The first kappa shape index (κ1) is 16.0. The zero-order valence-electron chi connectivity index (χ0n) is 12.8. The predicted molar refractivity (Wildman–Crippen MR) is 84.5 cm³/mol. The minimum absolute atomic E-state index is 0.0206. The van der Waals surface area contributed by atoms with Crippen LogP contribution in [0.15, 0.2) is 40.9 Å². The van der Waals surface area contributed by atoms with E-state index in [9.17, 15) is 4.79 Å². The van der Waals surface area contributed by atoms with Gasteiger partial charge in [0, 0.05) is 23.8 Å². The number of amides is 2. The van der Waals surface area contributed by atoms with E-state index in [0.29, 0.717) is 18.0 Å². The van der Waals surface area contributed by atoms with Crippen molar-refractivity contribution >= 4 is 11.8 Å². The Bertz CT molecular complexity index is 612.